The molecule has 16 heavy (non-hydrogen) atoms. The summed E-state index contributed by atoms with van der Waals surface area (Å²) < 4.78 is 4.95. The zero-order valence-corrected chi connectivity index (χ0v) is 10.6. The number of thioether (sulfide) groups is 1. The Hall–Kier alpha value is -1.07. The molecule has 0 spiro atoms. The minimum atomic E-state index is -0.564. The van der Waals surface area contributed by atoms with Crippen LogP contribution in [0.4, 0.5) is 0 Å². The third-order valence-electron chi connectivity index (χ3n) is 1.55. The molecule has 0 fully saturated rings. The number of halogens is 1. The van der Waals surface area contributed by atoms with E-state index in [4.69, 9.17) is 16.3 Å². The first-order chi connectivity index (χ1) is 7.54. The monoisotopic (exact) mass is 258 g/mol. The number of hydrogen-bond donors (Lipinski definition) is 0. The highest BCUT2D eigenvalue weighted by atomic mass is 35.5. The van der Waals surface area contributed by atoms with Gasteiger partial charge in [0.15, 0.2) is 10.9 Å². The summed E-state index contributed by atoms with van der Waals surface area (Å²) in [5.74, 6) is -0.564. The fourth-order valence-corrected chi connectivity index (χ4v) is 1.36. The van der Waals surface area contributed by atoms with Crippen molar-refractivity contribution in [3.63, 3.8) is 0 Å². The molecule has 0 radical (unpaired) electrons. The van der Waals surface area contributed by atoms with E-state index in [1.165, 1.54) is 18.0 Å². The van der Waals surface area contributed by atoms with Crippen LogP contribution in [0.3, 0.4) is 0 Å². The van der Waals surface area contributed by atoms with Crippen molar-refractivity contribution in [1.82, 2.24) is 9.97 Å². The maximum atomic E-state index is 11.6. The molecule has 0 aliphatic rings. The molecule has 1 aromatic rings. The van der Waals surface area contributed by atoms with Crippen LogP contribution in [0.25, 0.3) is 0 Å². The van der Waals surface area contributed by atoms with E-state index in [9.17, 15) is 4.79 Å². The van der Waals surface area contributed by atoms with E-state index in [0.29, 0.717) is 5.16 Å². The van der Waals surface area contributed by atoms with Crippen LogP contribution in [0.2, 0.25) is 5.02 Å². The van der Waals surface area contributed by atoms with Crippen LogP contribution < -0.4 is 0 Å². The number of ether oxygens (including phenoxy) is 1. The second-order valence-corrected chi connectivity index (χ2v) is 4.27. The van der Waals surface area contributed by atoms with E-state index in [1.807, 2.05) is 6.26 Å². The molecule has 4 nitrogen and oxygen atoms in total. The van der Waals surface area contributed by atoms with Crippen LogP contribution in [0.1, 0.15) is 17.4 Å². The molecule has 0 saturated heterocycles. The number of hydrogen-bond acceptors (Lipinski definition) is 5. The highest BCUT2D eigenvalue weighted by Gasteiger charge is 2.15. The Labute approximate surface area is 103 Å². The molecule has 0 amide bonds. The van der Waals surface area contributed by atoms with Crippen molar-refractivity contribution < 1.29 is 9.53 Å². The summed E-state index contributed by atoms with van der Waals surface area (Å²) in [6, 6.07) is 0. The van der Waals surface area contributed by atoms with Gasteiger partial charge in [-0.2, -0.15) is 0 Å². The number of carbonyl (C=O) groups is 1. The molecular weight excluding hydrogens is 248 g/mol. The topological polar surface area (TPSA) is 52.1 Å². The summed E-state index contributed by atoms with van der Waals surface area (Å²) in [5, 5.41) is 0.663. The summed E-state index contributed by atoms with van der Waals surface area (Å²) in [4.78, 5) is 19.5. The smallest absolute Gasteiger partial charge is 0.358 e. The van der Waals surface area contributed by atoms with Crippen molar-refractivity contribution in [2.45, 2.75) is 12.1 Å². The standard InChI is InChI=1S/C10H11ClN2O2S/c1-6(2)5-15-9(14)8-7(11)4-12-10(13-8)16-3/h4H,1,5H2,2-3H3. The SMILES string of the molecule is C=C(C)COC(=O)c1nc(SC)ncc1Cl. The predicted octanol–water partition coefficient (Wildman–Crippen LogP) is 2.58. The molecule has 0 bridgehead atoms. The van der Waals surface area contributed by atoms with Crippen molar-refractivity contribution in [1.29, 1.82) is 0 Å². The number of carbonyl (C=O) groups excluding carboxylic acids is 1. The first-order valence-electron chi connectivity index (χ1n) is 4.42. The lowest BCUT2D eigenvalue weighted by molar-refractivity contribution is 0.0532. The first-order valence-corrected chi connectivity index (χ1v) is 6.03. The Morgan fingerprint density at radius 3 is 2.94 bits per heavy atom. The molecule has 6 heteroatoms. The van der Waals surface area contributed by atoms with Crippen molar-refractivity contribution in [3.05, 3.63) is 29.1 Å². The van der Waals surface area contributed by atoms with Crippen LogP contribution in [-0.2, 0) is 4.74 Å². The summed E-state index contributed by atoms with van der Waals surface area (Å²) in [7, 11) is 0. The van der Waals surface area contributed by atoms with Crippen LogP contribution in [-0.4, -0.2) is 28.8 Å². The summed E-state index contributed by atoms with van der Waals surface area (Å²) in [5.41, 5.74) is 0.839. The van der Waals surface area contributed by atoms with Gasteiger partial charge in [0.1, 0.15) is 6.61 Å². The van der Waals surface area contributed by atoms with E-state index >= 15 is 0 Å². The minimum Gasteiger partial charge on any atom is -0.456 e. The number of nitrogens with zero attached hydrogens (tertiary/aromatic N) is 2. The van der Waals surface area contributed by atoms with Gasteiger partial charge in [-0.3, -0.25) is 0 Å². The van der Waals surface area contributed by atoms with E-state index in [2.05, 4.69) is 16.5 Å². The number of esters is 1. The Bertz CT molecular complexity index is 423. The molecule has 0 aromatic carbocycles. The second kappa shape index (κ2) is 5.86. The van der Waals surface area contributed by atoms with Gasteiger partial charge in [0, 0.05) is 0 Å². The Balaban J connectivity index is 2.85. The fourth-order valence-electron chi connectivity index (χ4n) is 0.850. The maximum Gasteiger partial charge on any atom is 0.358 e. The van der Waals surface area contributed by atoms with Gasteiger partial charge in [0.05, 0.1) is 11.2 Å². The maximum absolute atomic E-state index is 11.6. The quantitative estimate of drug-likeness (QED) is 0.360. The molecular formula is C10H11ClN2O2S. The highest BCUT2D eigenvalue weighted by Crippen LogP contribution is 2.17. The van der Waals surface area contributed by atoms with Crippen LogP contribution in [0.5, 0.6) is 0 Å². The lowest BCUT2D eigenvalue weighted by Crippen LogP contribution is -2.10. The fraction of sp³-hybridized carbons (Fsp3) is 0.300. The molecule has 1 heterocycles. The lowest BCUT2D eigenvalue weighted by Gasteiger charge is -2.05. The van der Waals surface area contributed by atoms with Gasteiger partial charge in [-0.15, -0.1) is 0 Å². The van der Waals surface area contributed by atoms with Crippen LogP contribution in [0.15, 0.2) is 23.5 Å². The molecule has 0 aliphatic heterocycles. The average molecular weight is 259 g/mol. The van der Waals surface area contributed by atoms with Gasteiger partial charge in [0.2, 0.25) is 0 Å². The molecule has 0 unspecified atom stereocenters. The molecule has 0 saturated carbocycles. The van der Waals surface area contributed by atoms with Crippen molar-refractivity contribution in [2.24, 2.45) is 0 Å². The number of aromatic nitrogens is 2. The summed E-state index contributed by atoms with van der Waals surface area (Å²) >= 11 is 7.13. The third-order valence-corrected chi connectivity index (χ3v) is 2.39. The largest absolute Gasteiger partial charge is 0.456 e. The Morgan fingerprint density at radius 2 is 2.38 bits per heavy atom. The van der Waals surface area contributed by atoms with Crippen LogP contribution in [0, 0.1) is 0 Å². The van der Waals surface area contributed by atoms with E-state index in [-0.39, 0.29) is 17.3 Å². The van der Waals surface area contributed by atoms with E-state index in [0.717, 1.165) is 5.57 Å². The molecule has 0 aliphatic carbocycles. The molecule has 86 valence electrons. The van der Waals surface area contributed by atoms with Crippen molar-refractivity contribution >= 4 is 29.3 Å². The van der Waals surface area contributed by atoms with Gasteiger partial charge in [-0.05, 0) is 18.8 Å². The van der Waals surface area contributed by atoms with Crippen molar-refractivity contribution in [3.8, 4) is 0 Å². The predicted molar refractivity (Wildman–Crippen MR) is 63.9 cm³/mol. The van der Waals surface area contributed by atoms with Crippen molar-refractivity contribution in [2.75, 3.05) is 12.9 Å². The molecule has 1 rings (SSSR count). The Morgan fingerprint density at radius 1 is 1.69 bits per heavy atom. The Kier molecular flexibility index (Phi) is 4.76. The van der Waals surface area contributed by atoms with Gasteiger partial charge in [-0.1, -0.05) is 29.9 Å². The zero-order valence-electron chi connectivity index (χ0n) is 8.99. The van der Waals surface area contributed by atoms with Gasteiger partial charge >= 0.3 is 5.97 Å². The van der Waals surface area contributed by atoms with Gasteiger partial charge in [-0.25, -0.2) is 14.8 Å². The number of rotatable bonds is 4. The molecule has 0 N–H and O–H groups in total. The highest BCUT2D eigenvalue weighted by molar-refractivity contribution is 7.98. The van der Waals surface area contributed by atoms with E-state index < -0.39 is 5.97 Å². The molecule has 0 atom stereocenters. The second-order valence-electron chi connectivity index (χ2n) is 3.09. The summed E-state index contributed by atoms with van der Waals surface area (Å²) in [6.07, 6.45) is 3.20. The average Bonchev–Trinajstić information content (AvgIpc) is 2.26. The van der Waals surface area contributed by atoms with Crippen LogP contribution >= 0.6 is 23.4 Å². The van der Waals surface area contributed by atoms with Gasteiger partial charge in [0.25, 0.3) is 0 Å². The first kappa shape index (κ1) is 13.0. The summed E-state index contributed by atoms with van der Waals surface area (Å²) in [6.45, 7) is 5.56. The zero-order chi connectivity index (χ0) is 12.1. The third kappa shape index (κ3) is 3.50. The molecule has 1 aromatic heterocycles. The minimum absolute atomic E-state index is 0.0854. The van der Waals surface area contributed by atoms with Gasteiger partial charge < -0.3 is 4.74 Å². The normalized spacial score (nSPS) is 9.94. The lowest BCUT2D eigenvalue weighted by atomic mass is 10.4. The van der Waals surface area contributed by atoms with E-state index in [1.54, 1.807) is 6.92 Å².